The third kappa shape index (κ3) is 4.40. The smallest absolute Gasteiger partial charge is 0.250 e. The average molecular weight is 344 g/mol. The van der Waals surface area contributed by atoms with Gasteiger partial charge in [-0.3, -0.25) is 9.59 Å². The van der Waals surface area contributed by atoms with Crippen molar-refractivity contribution >= 4 is 23.2 Å². The number of nitrogens with one attached hydrogen (secondary N) is 1. The molecule has 2 atom stereocenters. The second-order valence-electron chi connectivity index (χ2n) is 7.28. The lowest BCUT2D eigenvalue weighted by atomic mass is 9.88. The van der Waals surface area contributed by atoms with E-state index in [-0.39, 0.29) is 24.5 Å². The Labute approximate surface area is 149 Å². The molecule has 1 aliphatic carbocycles. The molecule has 5 nitrogen and oxygen atoms in total. The molecule has 136 valence electrons. The maximum absolute atomic E-state index is 12.2. The minimum absolute atomic E-state index is 0.0627. The molecule has 25 heavy (non-hydrogen) atoms. The summed E-state index contributed by atoms with van der Waals surface area (Å²) in [7, 11) is 0. The number of hydrogen-bond donors (Lipinski definition) is 1. The van der Waals surface area contributed by atoms with Crippen molar-refractivity contribution in [2.45, 2.75) is 58.5 Å². The number of carbonyl (C=O) groups excluding carboxylic acids is 2. The van der Waals surface area contributed by atoms with E-state index in [0.717, 1.165) is 42.7 Å². The first kappa shape index (κ1) is 17.9. The highest BCUT2D eigenvalue weighted by Gasteiger charge is 2.23. The minimum atomic E-state index is -0.114. The van der Waals surface area contributed by atoms with Crippen LogP contribution in [-0.2, 0) is 20.7 Å². The van der Waals surface area contributed by atoms with Gasteiger partial charge in [-0.2, -0.15) is 0 Å². The zero-order valence-electron chi connectivity index (χ0n) is 15.2. The topological polar surface area (TPSA) is 58.6 Å². The van der Waals surface area contributed by atoms with Gasteiger partial charge in [0.15, 0.2) is 0 Å². The Hall–Kier alpha value is -1.88. The molecule has 1 aromatic carbocycles. The van der Waals surface area contributed by atoms with Gasteiger partial charge in [-0.15, -0.1) is 0 Å². The quantitative estimate of drug-likeness (QED) is 0.909. The second-order valence-corrected chi connectivity index (χ2v) is 7.28. The molecule has 1 aliphatic heterocycles. The molecule has 0 bridgehead atoms. The van der Waals surface area contributed by atoms with E-state index in [9.17, 15) is 9.59 Å². The van der Waals surface area contributed by atoms with Crippen LogP contribution in [0.3, 0.4) is 0 Å². The molecule has 2 amide bonds. The largest absolute Gasteiger partial charge is 0.368 e. The van der Waals surface area contributed by atoms with Crippen molar-refractivity contribution in [2.75, 3.05) is 23.4 Å². The second kappa shape index (κ2) is 8.00. The fourth-order valence-electron chi connectivity index (χ4n) is 3.91. The maximum Gasteiger partial charge on any atom is 0.250 e. The number of rotatable bonds is 4. The van der Waals surface area contributed by atoms with Gasteiger partial charge in [-0.1, -0.05) is 19.8 Å². The molecule has 3 rings (SSSR count). The van der Waals surface area contributed by atoms with E-state index in [4.69, 9.17) is 4.74 Å². The highest BCUT2D eigenvalue weighted by Crippen LogP contribution is 2.30. The summed E-state index contributed by atoms with van der Waals surface area (Å²) >= 11 is 0. The van der Waals surface area contributed by atoms with Gasteiger partial charge >= 0.3 is 0 Å². The fourth-order valence-corrected chi connectivity index (χ4v) is 3.91. The molecule has 0 spiro atoms. The zero-order chi connectivity index (χ0) is 17.8. The number of anilines is 2. The van der Waals surface area contributed by atoms with Gasteiger partial charge in [-0.05, 0) is 55.4 Å². The molecule has 0 unspecified atom stereocenters. The molecular formula is C20H28N2O3. The lowest BCUT2D eigenvalue weighted by Gasteiger charge is -2.29. The monoisotopic (exact) mass is 344 g/mol. The lowest BCUT2D eigenvalue weighted by Crippen LogP contribution is -2.33. The molecule has 2 aliphatic rings. The summed E-state index contributed by atoms with van der Waals surface area (Å²) < 4.78 is 5.83. The van der Waals surface area contributed by atoms with Crippen LogP contribution >= 0.6 is 0 Å². The first-order valence-corrected chi connectivity index (χ1v) is 9.37. The molecule has 1 saturated carbocycles. The van der Waals surface area contributed by atoms with Crippen LogP contribution in [0.2, 0.25) is 0 Å². The highest BCUT2D eigenvalue weighted by atomic mass is 16.5. The normalized spacial score (nSPS) is 23.0. The Kier molecular flexibility index (Phi) is 5.74. The first-order valence-electron chi connectivity index (χ1n) is 9.37. The number of hydrogen-bond acceptors (Lipinski definition) is 3. The Morgan fingerprint density at radius 3 is 2.80 bits per heavy atom. The lowest BCUT2D eigenvalue weighted by molar-refractivity contribution is -0.124. The van der Waals surface area contributed by atoms with Crippen molar-refractivity contribution in [3.8, 4) is 0 Å². The van der Waals surface area contributed by atoms with Crippen molar-refractivity contribution in [1.82, 2.24) is 0 Å². The van der Waals surface area contributed by atoms with E-state index in [1.54, 1.807) is 11.8 Å². The number of benzene rings is 1. The standard InChI is InChI=1S/C20H28N2O3/c1-14-6-3-4-8-19(14)25-13-20(24)21-17-9-10-18-16(12-17)7-5-11-22(18)15(2)23/h9-10,12,14,19H,3-8,11,13H2,1-2H3,(H,21,24)/t14-,19-/m1/s1. The Bertz CT molecular complexity index is 644. The minimum Gasteiger partial charge on any atom is -0.368 e. The molecule has 5 heteroatoms. The van der Waals surface area contributed by atoms with Crippen LogP contribution in [0, 0.1) is 5.92 Å². The maximum atomic E-state index is 12.2. The predicted octanol–water partition coefficient (Wildman–Crippen LogP) is 3.52. The molecule has 1 heterocycles. The Balaban J connectivity index is 1.57. The van der Waals surface area contributed by atoms with E-state index in [1.165, 1.54) is 19.3 Å². The van der Waals surface area contributed by atoms with Crippen molar-refractivity contribution in [1.29, 1.82) is 0 Å². The van der Waals surface area contributed by atoms with Crippen LogP contribution in [-0.4, -0.2) is 31.1 Å². The third-order valence-corrected chi connectivity index (χ3v) is 5.32. The van der Waals surface area contributed by atoms with Crippen molar-refractivity contribution in [3.05, 3.63) is 23.8 Å². The molecule has 1 aromatic rings. The van der Waals surface area contributed by atoms with Gasteiger partial charge in [-0.25, -0.2) is 0 Å². The van der Waals surface area contributed by atoms with Crippen LogP contribution in [0.5, 0.6) is 0 Å². The summed E-state index contributed by atoms with van der Waals surface area (Å²) in [6.07, 6.45) is 6.77. The van der Waals surface area contributed by atoms with Gasteiger partial charge in [0, 0.05) is 24.8 Å². The summed E-state index contributed by atoms with van der Waals surface area (Å²) in [6.45, 7) is 4.66. The van der Waals surface area contributed by atoms with Gasteiger partial charge in [0.05, 0.1) is 6.10 Å². The molecule has 0 aromatic heterocycles. The highest BCUT2D eigenvalue weighted by molar-refractivity contribution is 5.95. The number of nitrogens with zero attached hydrogens (tertiary/aromatic N) is 1. The van der Waals surface area contributed by atoms with Crippen LogP contribution < -0.4 is 10.2 Å². The number of fused-ring (bicyclic) bond motifs is 1. The molecule has 0 saturated heterocycles. The van der Waals surface area contributed by atoms with Gasteiger partial charge < -0.3 is 15.0 Å². The Morgan fingerprint density at radius 2 is 2.04 bits per heavy atom. The van der Waals surface area contributed by atoms with Crippen LogP contribution in [0.4, 0.5) is 11.4 Å². The molecule has 1 N–H and O–H groups in total. The third-order valence-electron chi connectivity index (χ3n) is 5.32. The Morgan fingerprint density at radius 1 is 1.24 bits per heavy atom. The van der Waals surface area contributed by atoms with E-state index in [2.05, 4.69) is 12.2 Å². The van der Waals surface area contributed by atoms with E-state index >= 15 is 0 Å². The van der Waals surface area contributed by atoms with E-state index in [0.29, 0.717) is 5.92 Å². The summed E-state index contributed by atoms with van der Waals surface area (Å²) in [5, 5.41) is 2.92. The van der Waals surface area contributed by atoms with Crippen LogP contribution in [0.1, 0.15) is 51.5 Å². The number of amides is 2. The molecular weight excluding hydrogens is 316 g/mol. The number of ether oxygens (including phenoxy) is 1. The SMILES string of the molecule is CC(=O)N1CCCc2cc(NC(=O)CO[C@@H]3CCCC[C@H]3C)ccc21. The summed E-state index contributed by atoms with van der Waals surface area (Å²) in [5.74, 6) is 0.479. The van der Waals surface area contributed by atoms with E-state index < -0.39 is 0 Å². The van der Waals surface area contributed by atoms with E-state index in [1.807, 2.05) is 18.2 Å². The van der Waals surface area contributed by atoms with Crippen LogP contribution in [0.15, 0.2) is 18.2 Å². The molecule has 1 fully saturated rings. The molecule has 0 radical (unpaired) electrons. The van der Waals surface area contributed by atoms with Crippen molar-refractivity contribution in [2.24, 2.45) is 5.92 Å². The summed E-state index contributed by atoms with van der Waals surface area (Å²) in [5.41, 5.74) is 2.85. The predicted molar refractivity (Wildman–Crippen MR) is 98.8 cm³/mol. The van der Waals surface area contributed by atoms with Crippen molar-refractivity contribution < 1.29 is 14.3 Å². The fraction of sp³-hybridized carbons (Fsp3) is 0.600. The van der Waals surface area contributed by atoms with Crippen LogP contribution in [0.25, 0.3) is 0 Å². The van der Waals surface area contributed by atoms with Gasteiger partial charge in [0.1, 0.15) is 6.61 Å². The van der Waals surface area contributed by atoms with Crippen molar-refractivity contribution in [3.63, 3.8) is 0 Å². The first-order chi connectivity index (χ1) is 12.0. The summed E-state index contributed by atoms with van der Waals surface area (Å²) in [6, 6.07) is 5.77. The average Bonchev–Trinajstić information content (AvgIpc) is 2.60. The number of aryl methyl sites for hydroxylation is 1. The zero-order valence-corrected chi connectivity index (χ0v) is 15.2. The summed E-state index contributed by atoms with van der Waals surface area (Å²) in [4.78, 5) is 25.7. The number of carbonyl (C=O) groups is 2. The van der Waals surface area contributed by atoms with Gasteiger partial charge in [0.25, 0.3) is 0 Å². The van der Waals surface area contributed by atoms with Gasteiger partial charge in [0.2, 0.25) is 11.8 Å².